The fourth-order valence-corrected chi connectivity index (χ4v) is 3.50. The number of benzene rings is 2. The van der Waals surface area contributed by atoms with E-state index in [4.69, 9.17) is 5.11 Å². The van der Waals surface area contributed by atoms with Gasteiger partial charge in [0, 0.05) is 41.9 Å². The van der Waals surface area contributed by atoms with E-state index in [1.807, 2.05) is 38.1 Å². The van der Waals surface area contributed by atoms with Gasteiger partial charge < -0.3 is 15.6 Å². The van der Waals surface area contributed by atoms with Crippen molar-refractivity contribution in [2.24, 2.45) is 5.16 Å². The first-order valence-electron chi connectivity index (χ1n) is 10.2. The number of pyridine rings is 1. The van der Waals surface area contributed by atoms with E-state index in [2.05, 4.69) is 39.7 Å². The van der Waals surface area contributed by atoms with E-state index in [9.17, 15) is 10.0 Å². The second-order valence-corrected chi connectivity index (χ2v) is 7.50. The smallest absolute Gasteiger partial charge is 0.251 e. The molecule has 0 radical (unpaired) electrons. The number of aliphatic hydroxyl groups excluding tert-OH is 1. The van der Waals surface area contributed by atoms with Gasteiger partial charge in [-0.2, -0.15) is 0 Å². The van der Waals surface area contributed by atoms with Crippen molar-refractivity contribution in [3.63, 3.8) is 0 Å². The Morgan fingerprint density at radius 1 is 1.00 bits per heavy atom. The third kappa shape index (κ3) is 5.77. The molecule has 0 spiro atoms. The molecule has 6 heteroatoms. The predicted octanol–water partition coefficient (Wildman–Crippen LogP) is 3.82. The molecule has 0 saturated heterocycles. The Morgan fingerprint density at radius 2 is 1.65 bits per heavy atom. The SMILES string of the molecule is Cc1ccc(C(C/C(=N/O)c2ccnc(C)c2)c2ccc(C(=O)NCCO)cc2)cc1. The maximum atomic E-state index is 12.2. The summed E-state index contributed by atoms with van der Waals surface area (Å²) in [4.78, 5) is 16.4. The molecular formula is C25H27N3O3. The number of hydrogen-bond donors (Lipinski definition) is 3. The van der Waals surface area contributed by atoms with Crippen molar-refractivity contribution in [3.05, 3.63) is 100 Å². The van der Waals surface area contributed by atoms with Crippen LogP contribution in [-0.2, 0) is 0 Å². The number of hydrogen-bond acceptors (Lipinski definition) is 5. The molecule has 1 unspecified atom stereocenters. The van der Waals surface area contributed by atoms with Gasteiger partial charge in [0.25, 0.3) is 5.91 Å². The summed E-state index contributed by atoms with van der Waals surface area (Å²) in [6.45, 7) is 4.06. The van der Waals surface area contributed by atoms with E-state index < -0.39 is 0 Å². The van der Waals surface area contributed by atoms with Crippen molar-refractivity contribution in [1.82, 2.24) is 10.3 Å². The Bertz CT molecular complexity index is 1040. The first kappa shape index (κ1) is 22.2. The van der Waals surface area contributed by atoms with E-state index in [1.54, 1.807) is 18.3 Å². The quantitative estimate of drug-likeness (QED) is 0.295. The largest absolute Gasteiger partial charge is 0.411 e. The predicted molar refractivity (Wildman–Crippen MR) is 121 cm³/mol. The molecule has 0 aliphatic heterocycles. The van der Waals surface area contributed by atoms with Crippen LogP contribution in [0.5, 0.6) is 0 Å². The maximum absolute atomic E-state index is 12.2. The van der Waals surface area contributed by atoms with Crippen LogP contribution in [0.1, 0.15) is 50.6 Å². The number of rotatable bonds is 8. The monoisotopic (exact) mass is 417 g/mol. The topological polar surface area (TPSA) is 94.8 Å². The van der Waals surface area contributed by atoms with E-state index in [0.717, 1.165) is 22.4 Å². The van der Waals surface area contributed by atoms with E-state index in [0.29, 0.717) is 17.7 Å². The highest BCUT2D eigenvalue weighted by atomic mass is 16.4. The summed E-state index contributed by atoms with van der Waals surface area (Å²) in [5.41, 5.74) is 6.04. The molecule has 0 fully saturated rings. The molecule has 3 N–H and O–H groups in total. The average molecular weight is 418 g/mol. The Hall–Kier alpha value is -3.51. The lowest BCUT2D eigenvalue weighted by molar-refractivity contribution is 0.0944. The van der Waals surface area contributed by atoms with Gasteiger partial charge in [-0.25, -0.2) is 0 Å². The van der Waals surface area contributed by atoms with Crippen molar-refractivity contribution in [1.29, 1.82) is 0 Å². The Balaban J connectivity index is 1.93. The molecule has 0 saturated carbocycles. The van der Waals surface area contributed by atoms with Gasteiger partial charge in [0.1, 0.15) is 0 Å². The molecule has 3 rings (SSSR count). The molecule has 1 heterocycles. The summed E-state index contributed by atoms with van der Waals surface area (Å²) in [5.74, 6) is -0.285. The zero-order valence-electron chi connectivity index (χ0n) is 17.7. The van der Waals surface area contributed by atoms with Gasteiger partial charge in [0.05, 0.1) is 12.3 Å². The minimum absolute atomic E-state index is 0.0606. The summed E-state index contributed by atoms with van der Waals surface area (Å²) in [6.07, 6.45) is 2.19. The number of oxime groups is 1. The fourth-order valence-electron chi connectivity index (χ4n) is 3.50. The number of amides is 1. The van der Waals surface area contributed by atoms with Crippen molar-refractivity contribution in [2.45, 2.75) is 26.2 Å². The molecule has 3 aromatic rings. The van der Waals surface area contributed by atoms with E-state index in [1.165, 1.54) is 5.56 Å². The summed E-state index contributed by atoms with van der Waals surface area (Å²) in [7, 11) is 0. The molecule has 2 aromatic carbocycles. The third-order valence-electron chi connectivity index (χ3n) is 5.20. The van der Waals surface area contributed by atoms with Crippen molar-refractivity contribution >= 4 is 11.6 Å². The van der Waals surface area contributed by atoms with Gasteiger partial charge in [0.2, 0.25) is 0 Å². The van der Waals surface area contributed by atoms with Crippen LogP contribution >= 0.6 is 0 Å². The highest BCUT2D eigenvalue weighted by Crippen LogP contribution is 2.30. The normalized spacial score (nSPS) is 12.4. The van der Waals surface area contributed by atoms with E-state index >= 15 is 0 Å². The van der Waals surface area contributed by atoms with Crippen LogP contribution in [-0.4, -0.2) is 40.1 Å². The van der Waals surface area contributed by atoms with Crippen LogP contribution in [0, 0.1) is 13.8 Å². The molecular weight excluding hydrogens is 390 g/mol. The number of nitrogens with zero attached hydrogens (tertiary/aromatic N) is 2. The van der Waals surface area contributed by atoms with Crippen LogP contribution < -0.4 is 5.32 Å². The number of nitrogens with one attached hydrogen (secondary N) is 1. The fraction of sp³-hybridized carbons (Fsp3) is 0.240. The van der Waals surface area contributed by atoms with Crippen LogP contribution in [0.25, 0.3) is 0 Å². The minimum Gasteiger partial charge on any atom is -0.411 e. The third-order valence-corrected chi connectivity index (χ3v) is 5.20. The number of carbonyl (C=O) groups excluding carboxylic acids is 1. The van der Waals surface area contributed by atoms with Crippen LogP contribution in [0.2, 0.25) is 0 Å². The Morgan fingerprint density at radius 3 is 2.23 bits per heavy atom. The number of aliphatic hydroxyl groups is 1. The molecule has 6 nitrogen and oxygen atoms in total. The summed E-state index contributed by atoms with van der Waals surface area (Å²) >= 11 is 0. The van der Waals surface area contributed by atoms with Crippen LogP contribution in [0.15, 0.2) is 72.0 Å². The minimum atomic E-state index is -0.225. The number of aromatic nitrogens is 1. The lowest BCUT2D eigenvalue weighted by Gasteiger charge is -2.20. The molecule has 1 aromatic heterocycles. The van der Waals surface area contributed by atoms with Gasteiger partial charge in [-0.3, -0.25) is 9.78 Å². The average Bonchev–Trinajstić information content (AvgIpc) is 2.79. The van der Waals surface area contributed by atoms with Gasteiger partial charge in [-0.1, -0.05) is 47.1 Å². The summed E-state index contributed by atoms with van der Waals surface area (Å²) in [6, 6.07) is 19.4. The molecule has 1 amide bonds. The van der Waals surface area contributed by atoms with Gasteiger partial charge >= 0.3 is 0 Å². The molecule has 1 atom stereocenters. The maximum Gasteiger partial charge on any atom is 0.251 e. The zero-order valence-corrected chi connectivity index (χ0v) is 17.7. The summed E-state index contributed by atoms with van der Waals surface area (Å²) in [5, 5.41) is 24.9. The lowest BCUT2D eigenvalue weighted by atomic mass is 9.85. The first-order valence-corrected chi connectivity index (χ1v) is 10.2. The Labute approximate surface area is 182 Å². The number of aryl methyl sites for hydroxylation is 2. The second kappa shape index (κ2) is 10.5. The first-order chi connectivity index (χ1) is 15.0. The van der Waals surface area contributed by atoms with Crippen molar-refractivity contribution in [2.75, 3.05) is 13.2 Å². The lowest BCUT2D eigenvalue weighted by Crippen LogP contribution is -2.26. The molecule has 0 aliphatic carbocycles. The molecule has 0 aliphatic rings. The zero-order chi connectivity index (χ0) is 22.2. The molecule has 0 bridgehead atoms. The van der Waals surface area contributed by atoms with Crippen LogP contribution in [0.4, 0.5) is 0 Å². The van der Waals surface area contributed by atoms with Gasteiger partial charge in [-0.15, -0.1) is 0 Å². The molecule has 160 valence electrons. The van der Waals surface area contributed by atoms with Crippen LogP contribution in [0.3, 0.4) is 0 Å². The van der Waals surface area contributed by atoms with E-state index in [-0.39, 0.29) is 25.0 Å². The van der Waals surface area contributed by atoms with Gasteiger partial charge in [0.15, 0.2) is 0 Å². The van der Waals surface area contributed by atoms with Crippen molar-refractivity contribution < 1.29 is 15.1 Å². The highest BCUT2D eigenvalue weighted by Gasteiger charge is 2.19. The van der Waals surface area contributed by atoms with Gasteiger partial charge in [-0.05, 0) is 49.2 Å². The number of carbonyl (C=O) groups is 1. The standard InChI is InChI=1S/C25H27N3O3/c1-17-3-5-19(6-4-17)23(16-24(28-31)22-11-12-26-18(2)15-22)20-7-9-21(10-8-20)25(30)27-13-14-29/h3-12,15,23,29,31H,13-14,16H2,1-2H3,(H,27,30)/b28-24-. The summed E-state index contributed by atoms with van der Waals surface area (Å²) < 4.78 is 0. The Kier molecular flexibility index (Phi) is 7.51. The highest BCUT2D eigenvalue weighted by molar-refractivity contribution is 6.01. The second-order valence-electron chi connectivity index (χ2n) is 7.50. The van der Waals surface area contributed by atoms with Crippen molar-refractivity contribution in [3.8, 4) is 0 Å². The molecule has 31 heavy (non-hydrogen) atoms.